The predicted octanol–water partition coefficient (Wildman–Crippen LogP) is 1.57. The van der Waals surface area contributed by atoms with E-state index in [0.29, 0.717) is 51.3 Å². The quantitative estimate of drug-likeness (QED) is 0.703. The summed E-state index contributed by atoms with van der Waals surface area (Å²) in [5, 5.41) is 16.6. The lowest BCUT2D eigenvalue weighted by Crippen LogP contribution is -2.55. The van der Waals surface area contributed by atoms with Crippen molar-refractivity contribution in [1.29, 1.82) is 0 Å². The second kappa shape index (κ2) is 9.18. The molecule has 34 heavy (non-hydrogen) atoms. The Morgan fingerprint density at radius 2 is 1.74 bits per heavy atom. The summed E-state index contributed by atoms with van der Waals surface area (Å²) in [6.45, 7) is 2.86. The van der Waals surface area contributed by atoms with Gasteiger partial charge in [-0.2, -0.15) is 5.10 Å². The van der Waals surface area contributed by atoms with E-state index >= 15 is 0 Å². The fourth-order valence-electron chi connectivity index (χ4n) is 4.36. The maximum atomic E-state index is 14.2. The highest BCUT2D eigenvalue weighted by Crippen LogP contribution is 2.31. The molecule has 4 heterocycles. The Morgan fingerprint density at radius 1 is 1.03 bits per heavy atom. The number of amides is 1. The molecule has 0 radical (unpaired) electrons. The predicted molar refractivity (Wildman–Crippen MR) is 116 cm³/mol. The van der Waals surface area contributed by atoms with E-state index < -0.39 is 35.8 Å². The summed E-state index contributed by atoms with van der Waals surface area (Å²) in [6, 6.07) is 2.80. The van der Waals surface area contributed by atoms with Crippen molar-refractivity contribution in [1.82, 2.24) is 24.8 Å². The molecule has 2 atom stereocenters. The third-order valence-electron chi connectivity index (χ3n) is 6.37. The Bertz CT molecular complexity index is 1090. The van der Waals surface area contributed by atoms with E-state index in [2.05, 4.69) is 15.1 Å². The summed E-state index contributed by atoms with van der Waals surface area (Å²) < 4.78 is 41.6. The van der Waals surface area contributed by atoms with Crippen molar-refractivity contribution in [3.8, 4) is 0 Å². The molecule has 5 rings (SSSR count). The third kappa shape index (κ3) is 4.30. The highest BCUT2D eigenvalue weighted by atomic mass is 19.1. The van der Waals surface area contributed by atoms with Crippen molar-refractivity contribution in [2.24, 2.45) is 5.10 Å². The first-order chi connectivity index (χ1) is 16.4. The molecule has 0 spiro atoms. The van der Waals surface area contributed by atoms with Gasteiger partial charge >= 0.3 is 0 Å². The zero-order chi connectivity index (χ0) is 23.8. The van der Waals surface area contributed by atoms with Gasteiger partial charge in [-0.05, 0) is 24.1 Å². The van der Waals surface area contributed by atoms with Gasteiger partial charge in [0.1, 0.15) is 11.6 Å². The molecule has 1 aromatic carbocycles. The van der Waals surface area contributed by atoms with Crippen LogP contribution in [0.5, 0.6) is 0 Å². The summed E-state index contributed by atoms with van der Waals surface area (Å²) >= 11 is 0. The van der Waals surface area contributed by atoms with E-state index in [0.717, 1.165) is 18.7 Å². The molecule has 12 heteroatoms. The van der Waals surface area contributed by atoms with Crippen molar-refractivity contribution in [2.45, 2.75) is 25.2 Å². The van der Waals surface area contributed by atoms with Gasteiger partial charge < -0.3 is 14.9 Å². The average Bonchev–Trinajstić information content (AvgIpc) is 3.27. The van der Waals surface area contributed by atoms with Gasteiger partial charge in [-0.25, -0.2) is 28.1 Å². The number of hydrogen-bond acceptors (Lipinski definition) is 8. The largest absolute Gasteiger partial charge is 0.360 e. The zero-order valence-electron chi connectivity index (χ0n) is 18.3. The SMILES string of the molecule is O=C(c1nc(N2CCN(C(O)N3N=CC[C@H]3c3cc(F)cc(F)c3)CC2)ncc1F)N1CCC1. The van der Waals surface area contributed by atoms with Gasteiger partial charge in [0, 0.05) is 58.0 Å². The number of hydrogen-bond donors (Lipinski definition) is 1. The minimum atomic E-state index is -1.10. The van der Waals surface area contributed by atoms with Crippen molar-refractivity contribution < 1.29 is 23.1 Å². The smallest absolute Gasteiger partial charge is 0.275 e. The number of hydrazone groups is 1. The topological polar surface area (TPSA) is 88.4 Å². The number of aliphatic hydroxyl groups excluding tert-OH is 1. The number of nitrogens with zero attached hydrogens (tertiary/aromatic N) is 7. The third-order valence-corrected chi connectivity index (χ3v) is 6.37. The first kappa shape index (κ1) is 22.5. The minimum Gasteiger partial charge on any atom is -0.360 e. The summed E-state index contributed by atoms with van der Waals surface area (Å²) in [5.41, 5.74) is 0.163. The standard InChI is InChI=1S/C22H24F3N7O2/c23-15-10-14(11-16(24)12-15)18-2-3-27-32(18)22(34)31-8-6-30(7-9-31)21-26-13-17(25)19(28-21)20(33)29-4-1-5-29/h3,10-13,18,22,34H,1-2,4-9H2/t18-,22?/m0/s1. The van der Waals surface area contributed by atoms with Crippen LogP contribution in [0.4, 0.5) is 19.1 Å². The number of piperazine rings is 1. The highest BCUT2D eigenvalue weighted by Gasteiger charge is 2.34. The number of carbonyl (C=O) groups excluding carboxylic acids is 1. The van der Waals surface area contributed by atoms with E-state index in [9.17, 15) is 23.1 Å². The first-order valence-electron chi connectivity index (χ1n) is 11.2. The molecular weight excluding hydrogens is 451 g/mol. The molecule has 1 unspecified atom stereocenters. The highest BCUT2D eigenvalue weighted by molar-refractivity contribution is 5.93. The van der Waals surface area contributed by atoms with Crippen LogP contribution >= 0.6 is 0 Å². The van der Waals surface area contributed by atoms with Crippen LogP contribution in [0.15, 0.2) is 29.5 Å². The number of benzene rings is 1. The maximum Gasteiger partial charge on any atom is 0.275 e. The van der Waals surface area contributed by atoms with Crippen LogP contribution in [-0.4, -0.2) is 87.6 Å². The van der Waals surface area contributed by atoms with Gasteiger partial charge in [-0.1, -0.05) is 0 Å². The number of likely N-dealkylation sites (tertiary alicyclic amines) is 1. The Balaban J connectivity index is 1.24. The number of carbonyl (C=O) groups is 1. The molecular formula is C22H24F3N7O2. The van der Waals surface area contributed by atoms with Gasteiger partial charge in [-0.15, -0.1) is 0 Å². The number of rotatable bonds is 5. The van der Waals surface area contributed by atoms with E-state index in [-0.39, 0.29) is 11.6 Å². The Labute approximate surface area is 194 Å². The molecule has 3 aliphatic heterocycles. The molecule has 0 saturated carbocycles. The fourth-order valence-corrected chi connectivity index (χ4v) is 4.36. The van der Waals surface area contributed by atoms with Gasteiger partial charge in [0.2, 0.25) is 12.3 Å². The van der Waals surface area contributed by atoms with Gasteiger partial charge in [-0.3, -0.25) is 9.69 Å². The van der Waals surface area contributed by atoms with E-state index in [1.807, 2.05) is 4.90 Å². The molecule has 2 saturated heterocycles. The van der Waals surface area contributed by atoms with Gasteiger partial charge in [0.15, 0.2) is 11.5 Å². The molecule has 1 amide bonds. The molecule has 3 aliphatic rings. The normalized spacial score (nSPS) is 21.6. The molecule has 9 nitrogen and oxygen atoms in total. The lowest BCUT2D eigenvalue weighted by molar-refractivity contribution is -0.126. The Morgan fingerprint density at radius 3 is 2.38 bits per heavy atom. The van der Waals surface area contributed by atoms with Crippen molar-refractivity contribution in [3.63, 3.8) is 0 Å². The molecule has 2 fully saturated rings. The minimum absolute atomic E-state index is 0.233. The molecule has 1 aromatic heterocycles. The Hall–Kier alpha value is -3.25. The summed E-state index contributed by atoms with van der Waals surface area (Å²) in [5.74, 6) is -2.30. The van der Waals surface area contributed by atoms with Crippen molar-refractivity contribution in [3.05, 3.63) is 53.1 Å². The molecule has 0 aliphatic carbocycles. The van der Waals surface area contributed by atoms with Crippen LogP contribution in [0.1, 0.15) is 34.9 Å². The van der Waals surface area contributed by atoms with Crippen LogP contribution in [-0.2, 0) is 0 Å². The van der Waals surface area contributed by atoms with Crippen LogP contribution < -0.4 is 4.90 Å². The number of halogens is 3. The average molecular weight is 475 g/mol. The van der Waals surface area contributed by atoms with Gasteiger partial charge in [0.25, 0.3) is 5.91 Å². The van der Waals surface area contributed by atoms with E-state index in [4.69, 9.17) is 0 Å². The lowest BCUT2D eigenvalue weighted by atomic mass is 10.0. The number of anilines is 1. The van der Waals surface area contributed by atoms with Crippen LogP contribution in [0, 0.1) is 17.5 Å². The molecule has 180 valence electrons. The monoisotopic (exact) mass is 475 g/mol. The summed E-state index contributed by atoms with van der Waals surface area (Å²) in [4.78, 5) is 25.8. The van der Waals surface area contributed by atoms with Crippen LogP contribution in [0.25, 0.3) is 0 Å². The van der Waals surface area contributed by atoms with Crippen molar-refractivity contribution >= 4 is 18.1 Å². The molecule has 1 N–H and O–H groups in total. The second-order valence-electron chi connectivity index (χ2n) is 8.51. The Kier molecular flexibility index (Phi) is 6.09. The summed E-state index contributed by atoms with van der Waals surface area (Å²) in [7, 11) is 0. The molecule has 0 bridgehead atoms. The van der Waals surface area contributed by atoms with Gasteiger partial charge in [0.05, 0.1) is 12.2 Å². The second-order valence-corrected chi connectivity index (χ2v) is 8.51. The molecule has 2 aromatic rings. The van der Waals surface area contributed by atoms with Crippen molar-refractivity contribution in [2.75, 3.05) is 44.2 Å². The first-order valence-corrected chi connectivity index (χ1v) is 11.2. The fraction of sp³-hybridized carbons (Fsp3) is 0.455. The number of aromatic nitrogens is 2. The summed E-state index contributed by atoms with van der Waals surface area (Å²) in [6.07, 6.45) is 2.83. The van der Waals surface area contributed by atoms with E-state index in [1.54, 1.807) is 16.0 Å². The number of aliphatic hydroxyl groups is 1. The maximum absolute atomic E-state index is 14.2. The zero-order valence-corrected chi connectivity index (χ0v) is 18.3. The lowest BCUT2D eigenvalue weighted by Gasteiger charge is -2.41. The van der Waals surface area contributed by atoms with Crippen LogP contribution in [0.3, 0.4) is 0 Å². The van der Waals surface area contributed by atoms with E-state index in [1.165, 1.54) is 17.1 Å². The van der Waals surface area contributed by atoms with Crippen LogP contribution in [0.2, 0.25) is 0 Å².